The highest BCUT2D eigenvalue weighted by Gasteiger charge is 2.05. The summed E-state index contributed by atoms with van der Waals surface area (Å²) in [5.74, 6) is 1.61. The zero-order chi connectivity index (χ0) is 15.2. The molecule has 0 radical (unpaired) electrons. The van der Waals surface area contributed by atoms with Gasteiger partial charge in [-0.25, -0.2) is 9.98 Å². The predicted octanol–water partition coefficient (Wildman–Crippen LogP) is 3.00. The fourth-order valence-electron chi connectivity index (χ4n) is 1.46. The summed E-state index contributed by atoms with van der Waals surface area (Å²) in [6.45, 7) is 0. The number of non-ortho nitro benzene ring substituents is 1. The number of hydrogen-bond acceptors (Lipinski definition) is 5. The van der Waals surface area contributed by atoms with E-state index in [9.17, 15) is 10.1 Å². The summed E-state index contributed by atoms with van der Waals surface area (Å²) in [6, 6.07) is 9.31. The van der Waals surface area contributed by atoms with Gasteiger partial charge in [-0.1, -0.05) is 0 Å². The van der Waals surface area contributed by atoms with Crippen molar-refractivity contribution in [3.63, 3.8) is 0 Å². The number of aromatic nitrogens is 1. The monoisotopic (exact) mass is 286 g/mol. The number of aliphatic imine (C=N–C) groups is 1. The number of benzene rings is 1. The molecule has 108 valence electrons. The van der Waals surface area contributed by atoms with Gasteiger partial charge in [-0.2, -0.15) is 0 Å². The molecule has 2 rings (SSSR count). The Morgan fingerprint density at radius 1 is 1.19 bits per heavy atom. The molecule has 2 aromatic rings. The van der Waals surface area contributed by atoms with Crippen molar-refractivity contribution in [3.8, 4) is 11.5 Å². The van der Waals surface area contributed by atoms with Crippen LogP contribution in [0.25, 0.3) is 0 Å². The quantitative estimate of drug-likeness (QED) is 0.365. The molecule has 0 fully saturated rings. The Morgan fingerprint density at radius 3 is 2.38 bits per heavy atom. The first-order valence-electron chi connectivity index (χ1n) is 6.13. The first kappa shape index (κ1) is 14.4. The minimum absolute atomic E-state index is 0.0221. The van der Waals surface area contributed by atoms with Gasteiger partial charge in [0.2, 0.25) is 0 Å². The van der Waals surface area contributed by atoms with E-state index < -0.39 is 4.92 Å². The predicted molar refractivity (Wildman–Crippen MR) is 79.2 cm³/mol. The molecular formula is C14H14N4O3. The molecule has 0 aliphatic rings. The van der Waals surface area contributed by atoms with Crippen LogP contribution in [0.2, 0.25) is 0 Å². The Kier molecular flexibility index (Phi) is 4.45. The zero-order valence-corrected chi connectivity index (χ0v) is 11.6. The molecule has 0 saturated carbocycles. The zero-order valence-electron chi connectivity index (χ0n) is 11.6. The Labute approximate surface area is 121 Å². The third kappa shape index (κ3) is 4.27. The summed E-state index contributed by atoms with van der Waals surface area (Å²) in [6.07, 6.45) is 3.20. The SMILES string of the molecule is CN(C)C=Nc1ccc(Oc2ccc([N+](=O)[O-])cc2)cn1. The Morgan fingerprint density at radius 2 is 1.86 bits per heavy atom. The summed E-state index contributed by atoms with van der Waals surface area (Å²) in [4.78, 5) is 20.2. The molecule has 21 heavy (non-hydrogen) atoms. The third-order valence-electron chi connectivity index (χ3n) is 2.42. The second kappa shape index (κ2) is 6.47. The minimum Gasteiger partial charge on any atom is -0.456 e. The van der Waals surface area contributed by atoms with E-state index in [2.05, 4.69) is 9.98 Å². The second-order valence-electron chi connectivity index (χ2n) is 4.41. The van der Waals surface area contributed by atoms with E-state index in [1.54, 1.807) is 24.7 Å². The van der Waals surface area contributed by atoms with E-state index in [0.717, 1.165) is 0 Å². The molecule has 0 atom stereocenters. The van der Waals surface area contributed by atoms with E-state index >= 15 is 0 Å². The van der Waals surface area contributed by atoms with Gasteiger partial charge in [0.1, 0.15) is 11.5 Å². The summed E-state index contributed by atoms with van der Waals surface area (Å²) in [7, 11) is 3.74. The number of ether oxygens (including phenoxy) is 1. The number of rotatable bonds is 5. The topological polar surface area (TPSA) is 80.9 Å². The Balaban J connectivity index is 2.04. The fraction of sp³-hybridized carbons (Fsp3) is 0.143. The van der Waals surface area contributed by atoms with E-state index in [1.807, 2.05) is 19.0 Å². The molecule has 0 aliphatic carbocycles. The molecule has 0 spiro atoms. The van der Waals surface area contributed by atoms with Crippen molar-refractivity contribution in [3.05, 3.63) is 52.7 Å². The summed E-state index contributed by atoms with van der Waals surface area (Å²) >= 11 is 0. The molecule has 0 N–H and O–H groups in total. The van der Waals surface area contributed by atoms with Crippen LogP contribution in [0.5, 0.6) is 11.5 Å². The van der Waals surface area contributed by atoms with E-state index in [0.29, 0.717) is 17.3 Å². The lowest BCUT2D eigenvalue weighted by atomic mass is 10.3. The van der Waals surface area contributed by atoms with Gasteiger partial charge in [-0.05, 0) is 24.3 Å². The molecule has 1 heterocycles. The van der Waals surface area contributed by atoms with Gasteiger partial charge < -0.3 is 9.64 Å². The molecule has 0 bridgehead atoms. The van der Waals surface area contributed by atoms with E-state index in [1.165, 1.54) is 24.3 Å². The van der Waals surface area contributed by atoms with Gasteiger partial charge >= 0.3 is 0 Å². The average Bonchev–Trinajstić information content (AvgIpc) is 2.47. The molecule has 0 aliphatic heterocycles. The maximum absolute atomic E-state index is 10.6. The van der Waals surface area contributed by atoms with Gasteiger partial charge in [0.15, 0.2) is 5.82 Å². The van der Waals surface area contributed by atoms with Gasteiger partial charge in [0.25, 0.3) is 5.69 Å². The van der Waals surface area contributed by atoms with Crippen LogP contribution in [0.1, 0.15) is 0 Å². The Hall–Kier alpha value is -2.96. The van der Waals surface area contributed by atoms with Crippen LogP contribution in [0, 0.1) is 10.1 Å². The minimum atomic E-state index is -0.455. The van der Waals surface area contributed by atoms with Crippen molar-refractivity contribution in [1.29, 1.82) is 0 Å². The van der Waals surface area contributed by atoms with Crippen LogP contribution >= 0.6 is 0 Å². The number of nitro groups is 1. The molecule has 0 amide bonds. The maximum atomic E-state index is 10.6. The van der Waals surface area contributed by atoms with Crippen LogP contribution in [0.3, 0.4) is 0 Å². The van der Waals surface area contributed by atoms with Gasteiger partial charge in [-0.3, -0.25) is 10.1 Å². The van der Waals surface area contributed by atoms with Crippen LogP contribution in [0.4, 0.5) is 11.5 Å². The van der Waals surface area contributed by atoms with Crippen molar-refractivity contribution < 1.29 is 9.66 Å². The first-order valence-corrected chi connectivity index (χ1v) is 6.13. The molecule has 7 nitrogen and oxygen atoms in total. The van der Waals surface area contributed by atoms with Gasteiger partial charge in [0.05, 0.1) is 17.5 Å². The molecule has 7 heteroatoms. The third-order valence-corrected chi connectivity index (χ3v) is 2.42. The van der Waals surface area contributed by atoms with Crippen LogP contribution < -0.4 is 4.74 Å². The maximum Gasteiger partial charge on any atom is 0.269 e. The number of nitrogens with zero attached hydrogens (tertiary/aromatic N) is 4. The van der Waals surface area contributed by atoms with E-state index in [4.69, 9.17) is 4.74 Å². The van der Waals surface area contributed by atoms with Gasteiger partial charge in [-0.15, -0.1) is 0 Å². The second-order valence-corrected chi connectivity index (χ2v) is 4.41. The number of nitro benzene ring substituents is 1. The Bertz CT molecular complexity index is 636. The number of pyridine rings is 1. The molecule has 1 aromatic carbocycles. The molecular weight excluding hydrogens is 272 g/mol. The lowest BCUT2D eigenvalue weighted by molar-refractivity contribution is -0.384. The average molecular weight is 286 g/mol. The van der Waals surface area contributed by atoms with E-state index in [-0.39, 0.29) is 5.69 Å². The normalized spacial score (nSPS) is 10.6. The molecule has 0 saturated heterocycles. The lowest BCUT2D eigenvalue weighted by Gasteiger charge is -2.05. The molecule has 0 unspecified atom stereocenters. The first-order chi connectivity index (χ1) is 10.0. The van der Waals surface area contributed by atoms with Crippen molar-refractivity contribution in [2.75, 3.05) is 14.1 Å². The lowest BCUT2D eigenvalue weighted by Crippen LogP contribution is -2.07. The fourth-order valence-corrected chi connectivity index (χ4v) is 1.46. The highest BCUT2D eigenvalue weighted by Crippen LogP contribution is 2.24. The smallest absolute Gasteiger partial charge is 0.269 e. The summed E-state index contributed by atoms with van der Waals surface area (Å²) in [5, 5.41) is 10.6. The highest BCUT2D eigenvalue weighted by atomic mass is 16.6. The largest absolute Gasteiger partial charge is 0.456 e. The van der Waals surface area contributed by atoms with Crippen LogP contribution in [0.15, 0.2) is 47.6 Å². The van der Waals surface area contributed by atoms with Crippen molar-refractivity contribution in [2.45, 2.75) is 0 Å². The summed E-state index contributed by atoms with van der Waals surface area (Å²) in [5.41, 5.74) is 0.0221. The van der Waals surface area contributed by atoms with Gasteiger partial charge in [0, 0.05) is 26.2 Å². The van der Waals surface area contributed by atoms with Crippen molar-refractivity contribution in [2.24, 2.45) is 4.99 Å². The van der Waals surface area contributed by atoms with Crippen molar-refractivity contribution >= 4 is 17.8 Å². The standard InChI is InChI=1S/C14H14N4O3/c1-17(2)10-16-14-8-7-13(9-15-14)21-12-5-3-11(4-6-12)18(19)20/h3-10H,1-2H3. The summed E-state index contributed by atoms with van der Waals surface area (Å²) < 4.78 is 5.55. The van der Waals surface area contributed by atoms with Crippen LogP contribution in [-0.4, -0.2) is 35.2 Å². The highest BCUT2D eigenvalue weighted by molar-refractivity contribution is 5.59. The van der Waals surface area contributed by atoms with Crippen molar-refractivity contribution in [1.82, 2.24) is 9.88 Å². The van der Waals surface area contributed by atoms with Crippen LogP contribution in [-0.2, 0) is 0 Å². The number of hydrogen-bond donors (Lipinski definition) is 0. The molecule has 1 aromatic heterocycles.